The highest BCUT2D eigenvalue weighted by Crippen LogP contribution is 2.35. The van der Waals surface area contributed by atoms with Crippen LogP contribution in [0.2, 0.25) is 5.02 Å². The number of imidazole rings is 1. The summed E-state index contributed by atoms with van der Waals surface area (Å²) in [7, 11) is 0. The molecule has 1 aliphatic heterocycles. The molecular weight excluding hydrogens is 518 g/mol. The molecule has 2 aromatic heterocycles. The highest BCUT2D eigenvalue weighted by atomic mass is 35.5. The summed E-state index contributed by atoms with van der Waals surface area (Å²) in [6, 6.07) is 4.62. The van der Waals surface area contributed by atoms with E-state index in [1.807, 2.05) is 6.08 Å². The molecule has 4 atom stereocenters. The van der Waals surface area contributed by atoms with E-state index in [-0.39, 0.29) is 18.2 Å². The summed E-state index contributed by atoms with van der Waals surface area (Å²) in [6.07, 6.45) is 11.1. The Morgan fingerprint density at radius 1 is 1.21 bits per heavy atom. The topological polar surface area (TPSA) is 62.8 Å². The first kappa shape index (κ1) is 27.8. The van der Waals surface area contributed by atoms with Crippen molar-refractivity contribution in [2.45, 2.75) is 71.4 Å². The molecule has 1 fully saturated rings. The molecule has 0 spiro atoms. The fraction of sp³-hybridized carbons (Fsp3) is 0.484. The third-order valence-corrected chi connectivity index (χ3v) is 8.57. The Morgan fingerprint density at radius 2 is 2.00 bits per heavy atom. The zero-order chi connectivity index (χ0) is 27.5. The lowest BCUT2D eigenvalue weighted by molar-refractivity contribution is 0.0521. The van der Waals surface area contributed by atoms with Gasteiger partial charge in [0.15, 0.2) is 5.65 Å². The molecule has 2 N–H and O–H groups in total. The number of anilines is 1. The summed E-state index contributed by atoms with van der Waals surface area (Å²) in [5.41, 5.74) is 2.85. The van der Waals surface area contributed by atoms with E-state index in [0.29, 0.717) is 46.4 Å². The predicted octanol–water partition coefficient (Wildman–Crippen LogP) is 8.25. The van der Waals surface area contributed by atoms with Crippen LogP contribution < -0.4 is 5.32 Å². The number of fused-ring (bicyclic) bond motifs is 1. The van der Waals surface area contributed by atoms with Crippen molar-refractivity contribution in [3.8, 4) is 0 Å². The second-order valence-electron chi connectivity index (χ2n) is 11.1. The van der Waals surface area contributed by atoms with Gasteiger partial charge in [-0.3, -0.25) is 0 Å². The SMILES string of the molecule is C=CCC(C)[C@H]1OCC(Cc2nc3nc(NCc4c(F)cc(C5=CCCCCC5)cc4F)c(Cl)cc3[nH]2)C1C. The highest BCUT2D eigenvalue weighted by Gasteiger charge is 2.37. The number of aromatic amines is 1. The van der Waals surface area contributed by atoms with Crippen LogP contribution in [-0.2, 0) is 17.7 Å². The summed E-state index contributed by atoms with van der Waals surface area (Å²) in [4.78, 5) is 12.6. The van der Waals surface area contributed by atoms with Gasteiger partial charge in [-0.1, -0.05) is 44.0 Å². The van der Waals surface area contributed by atoms with Crippen molar-refractivity contribution in [1.82, 2.24) is 15.0 Å². The van der Waals surface area contributed by atoms with Gasteiger partial charge < -0.3 is 15.0 Å². The average Bonchev–Trinajstić information content (AvgIpc) is 3.33. The minimum atomic E-state index is -0.574. The summed E-state index contributed by atoms with van der Waals surface area (Å²) in [5.74, 6) is 1.18. The lowest BCUT2D eigenvalue weighted by Crippen LogP contribution is -2.25. The molecular formula is C31H37ClF2N4O. The monoisotopic (exact) mass is 554 g/mol. The number of hydrogen-bond acceptors (Lipinski definition) is 4. The molecule has 1 aliphatic carbocycles. The van der Waals surface area contributed by atoms with Crippen molar-refractivity contribution >= 4 is 34.2 Å². The number of H-pyrrole nitrogens is 1. The summed E-state index contributed by atoms with van der Waals surface area (Å²) in [6.45, 7) is 8.91. The van der Waals surface area contributed by atoms with E-state index < -0.39 is 11.6 Å². The van der Waals surface area contributed by atoms with Gasteiger partial charge in [0.1, 0.15) is 23.3 Å². The Bertz CT molecular complexity index is 1350. The first-order valence-electron chi connectivity index (χ1n) is 14.0. The van der Waals surface area contributed by atoms with Crippen molar-refractivity contribution in [2.24, 2.45) is 17.8 Å². The second-order valence-corrected chi connectivity index (χ2v) is 11.5. The number of halogens is 3. The van der Waals surface area contributed by atoms with Crippen LogP contribution in [0.4, 0.5) is 14.6 Å². The number of aromatic nitrogens is 3. The molecule has 1 saturated heterocycles. The van der Waals surface area contributed by atoms with Gasteiger partial charge in [-0.25, -0.2) is 18.7 Å². The molecule has 8 heteroatoms. The average molecular weight is 555 g/mol. The molecule has 39 heavy (non-hydrogen) atoms. The van der Waals surface area contributed by atoms with Crippen molar-refractivity contribution in [3.63, 3.8) is 0 Å². The number of ether oxygens (including phenoxy) is 1. The molecule has 3 aromatic rings. The second kappa shape index (κ2) is 12.2. The van der Waals surface area contributed by atoms with Gasteiger partial charge in [-0.15, -0.1) is 6.58 Å². The number of nitrogens with zero attached hydrogens (tertiary/aromatic N) is 2. The van der Waals surface area contributed by atoms with Crippen molar-refractivity contribution in [2.75, 3.05) is 11.9 Å². The maximum Gasteiger partial charge on any atom is 0.179 e. The number of rotatable bonds is 9. The molecule has 1 aromatic carbocycles. The predicted molar refractivity (Wildman–Crippen MR) is 154 cm³/mol. The standard InChI is InChI=1S/C31H37ClF2N4O/c1-4-9-18(2)29-19(3)22(17-39-29)14-28-36-27-15-24(32)30(38-31(27)37-28)35-16-23-25(33)12-21(13-26(23)34)20-10-7-5-6-8-11-20/h4,10,12-13,15,18-19,22,29H,1,5-9,11,14,16-17H2,2-3H3,(H2,35,36,37,38)/t18?,19?,22?,29-/m1/s1. The van der Waals surface area contributed by atoms with E-state index in [0.717, 1.165) is 61.9 Å². The van der Waals surface area contributed by atoms with Crippen molar-refractivity contribution in [1.29, 1.82) is 0 Å². The van der Waals surface area contributed by atoms with Gasteiger partial charge in [-0.05, 0) is 79.2 Å². The Kier molecular flexibility index (Phi) is 8.67. The molecule has 2 aliphatic rings. The van der Waals surface area contributed by atoms with Gasteiger partial charge in [0.2, 0.25) is 0 Å². The summed E-state index contributed by atoms with van der Waals surface area (Å²) < 4.78 is 36.1. The van der Waals surface area contributed by atoms with Gasteiger partial charge in [0.05, 0.1) is 23.3 Å². The third-order valence-electron chi connectivity index (χ3n) is 8.28. The molecule has 0 radical (unpaired) electrons. The lowest BCUT2D eigenvalue weighted by atomic mass is 9.84. The molecule has 5 rings (SSSR count). The summed E-state index contributed by atoms with van der Waals surface area (Å²) >= 11 is 6.48. The Labute approximate surface area is 234 Å². The van der Waals surface area contributed by atoms with E-state index in [2.05, 4.69) is 46.8 Å². The number of pyridine rings is 1. The molecule has 3 heterocycles. The number of benzene rings is 1. The number of hydrogen-bond donors (Lipinski definition) is 2. The van der Waals surface area contributed by atoms with E-state index in [9.17, 15) is 8.78 Å². The van der Waals surface area contributed by atoms with Crippen LogP contribution in [0.25, 0.3) is 16.7 Å². The quantitative estimate of drug-likeness (QED) is 0.261. The minimum absolute atomic E-state index is 0.0379. The summed E-state index contributed by atoms with van der Waals surface area (Å²) in [5, 5.41) is 3.37. The molecule has 208 valence electrons. The Balaban J connectivity index is 1.27. The largest absolute Gasteiger partial charge is 0.377 e. The Morgan fingerprint density at radius 3 is 2.77 bits per heavy atom. The fourth-order valence-electron chi connectivity index (χ4n) is 5.97. The van der Waals surface area contributed by atoms with E-state index in [1.54, 1.807) is 6.07 Å². The van der Waals surface area contributed by atoms with Crippen LogP contribution in [0.3, 0.4) is 0 Å². The lowest BCUT2D eigenvalue weighted by Gasteiger charge is -2.23. The molecule has 0 amide bonds. The minimum Gasteiger partial charge on any atom is -0.377 e. The van der Waals surface area contributed by atoms with Crippen LogP contribution in [0.1, 0.15) is 69.3 Å². The van der Waals surface area contributed by atoms with E-state index in [1.165, 1.54) is 12.1 Å². The number of nitrogens with one attached hydrogen (secondary N) is 2. The Hall–Kier alpha value is -2.77. The molecule has 0 saturated carbocycles. The smallest absolute Gasteiger partial charge is 0.179 e. The van der Waals surface area contributed by atoms with Crippen LogP contribution in [0.5, 0.6) is 0 Å². The molecule has 5 nitrogen and oxygen atoms in total. The highest BCUT2D eigenvalue weighted by molar-refractivity contribution is 6.33. The van der Waals surface area contributed by atoms with Crippen LogP contribution in [-0.4, -0.2) is 27.7 Å². The van der Waals surface area contributed by atoms with Crippen LogP contribution in [0, 0.1) is 29.4 Å². The van der Waals surface area contributed by atoms with Crippen molar-refractivity contribution in [3.05, 3.63) is 70.5 Å². The zero-order valence-corrected chi connectivity index (χ0v) is 23.5. The van der Waals surface area contributed by atoms with Gasteiger partial charge in [0, 0.05) is 18.5 Å². The zero-order valence-electron chi connectivity index (χ0n) is 22.7. The van der Waals surface area contributed by atoms with Crippen molar-refractivity contribution < 1.29 is 13.5 Å². The molecule has 0 bridgehead atoms. The first-order chi connectivity index (χ1) is 18.8. The van der Waals surface area contributed by atoms with Crippen LogP contribution in [0.15, 0.2) is 36.9 Å². The fourth-order valence-corrected chi connectivity index (χ4v) is 6.19. The van der Waals surface area contributed by atoms with Gasteiger partial charge in [0.25, 0.3) is 0 Å². The van der Waals surface area contributed by atoms with Gasteiger partial charge >= 0.3 is 0 Å². The van der Waals surface area contributed by atoms with Crippen LogP contribution >= 0.6 is 11.6 Å². The molecule has 3 unspecified atom stereocenters. The first-order valence-corrected chi connectivity index (χ1v) is 14.4. The van der Waals surface area contributed by atoms with E-state index >= 15 is 0 Å². The maximum absolute atomic E-state index is 15.0. The van der Waals surface area contributed by atoms with Gasteiger partial charge in [-0.2, -0.15) is 0 Å². The van der Waals surface area contributed by atoms with E-state index in [4.69, 9.17) is 16.3 Å². The normalized spacial score (nSPS) is 22.5. The third kappa shape index (κ3) is 6.20. The maximum atomic E-state index is 15.0. The number of allylic oxidation sites excluding steroid dienone is 3.